The number of aliphatic hydroxyl groups is 1. The lowest BCUT2D eigenvalue weighted by atomic mass is 10.1. The van der Waals surface area contributed by atoms with Gasteiger partial charge in [0.25, 0.3) is 0 Å². The van der Waals surface area contributed by atoms with Crippen LogP contribution in [0, 0.1) is 17.4 Å². The Kier molecular flexibility index (Phi) is 2.52. The highest BCUT2D eigenvalue weighted by molar-refractivity contribution is 4.83. The zero-order valence-corrected chi connectivity index (χ0v) is 5.95. The van der Waals surface area contributed by atoms with E-state index in [0.717, 1.165) is 25.9 Å². The van der Waals surface area contributed by atoms with Crippen LogP contribution in [0.4, 0.5) is 0 Å². The zero-order chi connectivity index (χ0) is 7.40. The summed E-state index contributed by atoms with van der Waals surface area (Å²) in [4.78, 5) is 1.75. The molecular weight excluding hydrogens is 128 g/mol. The summed E-state index contributed by atoms with van der Waals surface area (Å²) >= 11 is 0. The molecule has 1 N–H and O–H groups in total. The Morgan fingerprint density at radius 1 is 1.70 bits per heavy atom. The van der Waals surface area contributed by atoms with Gasteiger partial charge in [0.15, 0.2) is 6.19 Å². The third-order valence-electron chi connectivity index (χ3n) is 1.96. The molecule has 1 rings (SSSR count). The Morgan fingerprint density at radius 2 is 2.50 bits per heavy atom. The van der Waals surface area contributed by atoms with Crippen molar-refractivity contribution in [3.8, 4) is 6.19 Å². The summed E-state index contributed by atoms with van der Waals surface area (Å²) in [6, 6.07) is 0. The molecule has 3 nitrogen and oxygen atoms in total. The molecule has 1 atom stereocenters. The lowest BCUT2D eigenvalue weighted by molar-refractivity contribution is 0.259. The SMILES string of the molecule is N#CN1CCC(CCO)C1. The molecule has 0 radical (unpaired) electrons. The maximum Gasteiger partial charge on any atom is 0.179 e. The van der Waals surface area contributed by atoms with E-state index in [4.69, 9.17) is 10.4 Å². The predicted molar refractivity (Wildman–Crippen MR) is 37.0 cm³/mol. The fourth-order valence-electron chi connectivity index (χ4n) is 1.34. The maximum absolute atomic E-state index is 8.58. The van der Waals surface area contributed by atoms with Gasteiger partial charge in [-0.1, -0.05) is 0 Å². The van der Waals surface area contributed by atoms with E-state index in [-0.39, 0.29) is 6.61 Å². The summed E-state index contributed by atoms with van der Waals surface area (Å²) in [6.45, 7) is 1.97. The van der Waals surface area contributed by atoms with Crippen LogP contribution < -0.4 is 0 Å². The second-order valence-corrected chi connectivity index (χ2v) is 2.71. The Balaban J connectivity index is 2.23. The number of rotatable bonds is 2. The van der Waals surface area contributed by atoms with Crippen LogP contribution in [0.5, 0.6) is 0 Å². The van der Waals surface area contributed by atoms with Crippen LogP contribution in [-0.2, 0) is 0 Å². The minimum atomic E-state index is 0.254. The Morgan fingerprint density at radius 3 is 3.00 bits per heavy atom. The smallest absolute Gasteiger partial charge is 0.179 e. The quantitative estimate of drug-likeness (QED) is 0.556. The first-order chi connectivity index (χ1) is 4.86. The van der Waals surface area contributed by atoms with Crippen molar-refractivity contribution >= 4 is 0 Å². The van der Waals surface area contributed by atoms with Gasteiger partial charge in [0.1, 0.15) is 0 Å². The summed E-state index contributed by atoms with van der Waals surface area (Å²) in [5, 5.41) is 17.0. The standard InChI is InChI=1S/C7H12N2O/c8-6-9-3-1-7(5-9)2-4-10/h7,10H,1-5H2. The Bertz CT molecular complexity index is 141. The van der Waals surface area contributed by atoms with Gasteiger partial charge >= 0.3 is 0 Å². The van der Waals surface area contributed by atoms with Gasteiger partial charge < -0.3 is 10.0 Å². The summed E-state index contributed by atoms with van der Waals surface area (Å²) in [7, 11) is 0. The van der Waals surface area contributed by atoms with Crippen LogP contribution in [0.15, 0.2) is 0 Å². The molecule has 1 saturated heterocycles. The summed E-state index contributed by atoms with van der Waals surface area (Å²) < 4.78 is 0. The van der Waals surface area contributed by atoms with Crippen molar-refractivity contribution in [2.75, 3.05) is 19.7 Å². The van der Waals surface area contributed by atoms with E-state index >= 15 is 0 Å². The molecule has 0 spiro atoms. The van der Waals surface area contributed by atoms with Gasteiger partial charge in [0, 0.05) is 19.7 Å². The van der Waals surface area contributed by atoms with Crippen molar-refractivity contribution in [2.45, 2.75) is 12.8 Å². The van der Waals surface area contributed by atoms with Gasteiger partial charge in [-0.2, -0.15) is 5.26 Å². The van der Waals surface area contributed by atoms with Crippen LogP contribution in [0.3, 0.4) is 0 Å². The zero-order valence-electron chi connectivity index (χ0n) is 5.95. The number of aliphatic hydroxyl groups excluding tert-OH is 1. The van der Waals surface area contributed by atoms with Crippen molar-refractivity contribution in [2.24, 2.45) is 5.92 Å². The molecule has 10 heavy (non-hydrogen) atoms. The van der Waals surface area contributed by atoms with Gasteiger partial charge in [-0.05, 0) is 18.8 Å². The highest BCUT2D eigenvalue weighted by Crippen LogP contribution is 2.17. The highest BCUT2D eigenvalue weighted by atomic mass is 16.3. The Hall–Kier alpha value is -0.750. The molecule has 1 heterocycles. The third kappa shape index (κ3) is 1.61. The van der Waals surface area contributed by atoms with Gasteiger partial charge in [-0.15, -0.1) is 0 Å². The molecule has 0 aromatic carbocycles. The van der Waals surface area contributed by atoms with Crippen molar-refractivity contribution in [3.63, 3.8) is 0 Å². The largest absolute Gasteiger partial charge is 0.396 e. The van der Waals surface area contributed by atoms with Gasteiger partial charge in [-0.25, -0.2) is 0 Å². The lowest BCUT2D eigenvalue weighted by Crippen LogP contribution is -2.13. The van der Waals surface area contributed by atoms with E-state index in [2.05, 4.69) is 6.19 Å². The monoisotopic (exact) mass is 140 g/mol. The first-order valence-corrected chi connectivity index (χ1v) is 3.62. The van der Waals surface area contributed by atoms with Gasteiger partial charge in [0.05, 0.1) is 0 Å². The molecule has 0 amide bonds. The first kappa shape index (κ1) is 7.36. The molecule has 0 aromatic rings. The molecule has 0 aliphatic carbocycles. The van der Waals surface area contributed by atoms with Crippen molar-refractivity contribution in [1.29, 1.82) is 5.26 Å². The van der Waals surface area contributed by atoms with E-state index in [1.165, 1.54) is 0 Å². The van der Waals surface area contributed by atoms with Crippen molar-refractivity contribution in [1.82, 2.24) is 4.90 Å². The van der Waals surface area contributed by atoms with Crippen LogP contribution in [0.1, 0.15) is 12.8 Å². The number of likely N-dealkylation sites (tertiary alicyclic amines) is 1. The molecule has 1 unspecified atom stereocenters. The second kappa shape index (κ2) is 3.43. The normalized spacial score (nSPS) is 24.8. The van der Waals surface area contributed by atoms with Crippen LogP contribution in [0.2, 0.25) is 0 Å². The fraction of sp³-hybridized carbons (Fsp3) is 0.857. The lowest BCUT2D eigenvalue weighted by Gasteiger charge is -2.06. The average molecular weight is 140 g/mol. The third-order valence-corrected chi connectivity index (χ3v) is 1.96. The van der Waals surface area contributed by atoms with Crippen molar-refractivity contribution in [3.05, 3.63) is 0 Å². The first-order valence-electron chi connectivity index (χ1n) is 3.62. The van der Waals surface area contributed by atoms with E-state index in [9.17, 15) is 0 Å². The topological polar surface area (TPSA) is 47.3 Å². The number of hydrogen-bond acceptors (Lipinski definition) is 3. The molecule has 0 bridgehead atoms. The predicted octanol–water partition coefficient (Wildman–Crippen LogP) is 0.172. The summed E-state index contributed by atoms with van der Waals surface area (Å²) in [6.07, 6.45) is 4.01. The average Bonchev–Trinajstić information content (AvgIpc) is 2.37. The van der Waals surface area contributed by atoms with Crippen LogP contribution in [0.25, 0.3) is 0 Å². The van der Waals surface area contributed by atoms with E-state index < -0.39 is 0 Å². The number of nitrogens with zero attached hydrogens (tertiary/aromatic N) is 2. The number of hydrogen-bond donors (Lipinski definition) is 1. The van der Waals surface area contributed by atoms with E-state index in [1.54, 1.807) is 4.90 Å². The molecule has 1 aliphatic rings. The van der Waals surface area contributed by atoms with Gasteiger partial charge in [-0.3, -0.25) is 0 Å². The molecule has 1 aliphatic heterocycles. The highest BCUT2D eigenvalue weighted by Gasteiger charge is 2.20. The maximum atomic E-state index is 8.58. The molecule has 56 valence electrons. The molecule has 0 saturated carbocycles. The summed E-state index contributed by atoms with van der Waals surface area (Å²) in [5.74, 6) is 0.546. The Labute approximate surface area is 60.9 Å². The van der Waals surface area contributed by atoms with Crippen LogP contribution in [-0.4, -0.2) is 29.7 Å². The minimum Gasteiger partial charge on any atom is -0.396 e. The van der Waals surface area contributed by atoms with E-state index in [0.29, 0.717) is 5.92 Å². The number of nitriles is 1. The summed E-state index contributed by atoms with van der Waals surface area (Å²) in [5.41, 5.74) is 0. The fourth-order valence-corrected chi connectivity index (χ4v) is 1.34. The molecular formula is C7H12N2O. The van der Waals surface area contributed by atoms with Gasteiger partial charge in [0.2, 0.25) is 0 Å². The molecule has 1 fully saturated rings. The van der Waals surface area contributed by atoms with E-state index in [1.807, 2.05) is 0 Å². The minimum absolute atomic E-state index is 0.254. The molecule has 0 aromatic heterocycles. The van der Waals surface area contributed by atoms with Crippen LogP contribution >= 0.6 is 0 Å². The molecule has 3 heteroatoms. The van der Waals surface area contributed by atoms with Crippen molar-refractivity contribution < 1.29 is 5.11 Å². The second-order valence-electron chi connectivity index (χ2n) is 2.71.